The van der Waals surface area contributed by atoms with Crippen molar-refractivity contribution in [3.8, 4) is 0 Å². The van der Waals surface area contributed by atoms with Crippen LogP contribution >= 0.6 is 0 Å². The minimum absolute atomic E-state index is 2.22. The number of hydrogen-bond acceptors (Lipinski definition) is 2. The van der Waals surface area contributed by atoms with Crippen LogP contribution in [-0.4, -0.2) is 30.6 Å². The van der Waals surface area contributed by atoms with Gasteiger partial charge in [0.25, 0.3) is 0 Å². The fraction of sp³-hybridized carbons (Fsp3) is 1.00. The van der Waals surface area contributed by atoms with Crippen molar-refractivity contribution in [2.75, 3.05) is 6.61 Å². The first-order chi connectivity index (χ1) is 6.81. The van der Waals surface area contributed by atoms with Gasteiger partial charge in [-0.2, -0.15) is 39.5 Å². The first-order valence-corrected chi connectivity index (χ1v) is 3.26. The highest BCUT2D eigenvalue weighted by molar-refractivity contribution is 5.00. The Balaban J connectivity index is 5.34. The van der Waals surface area contributed by atoms with Crippen molar-refractivity contribution in [1.82, 2.24) is 0 Å². The zero-order chi connectivity index (χ0) is 13.4. The lowest BCUT2D eigenvalue weighted by atomic mass is 10.1. The number of halogens is 9. The van der Waals surface area contributed by atoms with E-state index >= 15 is 0 Å². The largest absolute Gasteiger partial charge is 0.723 e. The molecule has 16 heavy (non-hydrogen) atoms. The topological polar surface area (TPSA) is 32.3 Å². The first kappa shape index (κ1) is 15.3. The molecule has 0 amide bonds. The molecule has 0 aromatic heterocycles. The molecule has 0 aromatic rings. The molecule has 0 fully saturated rings. The van der Waals surface area contributed by atoms with Crippen LogP contribution in [0, 0.1) is 0 Å². The second kappa shape index (κ2) is 3.95. The van der Waals surface area contributed by atoms with Gasteiger partial charge in [-0.05, 0) is 0 Å². The maximum atomic E-state index is 12.2. The Morgan fingerprint density at radius 1 is 0.750 bits per heavy atom. The maximum Gasteiger partial charge on any atom is 0.460 e. The van der Waals surface area contributed by atoms with Crippen molar-refractivity contribution < 1.29 is 49.7 Å². The minimum Gasteiger partial charge on any atom is -0.723 e. The molecule has 0 spiro atoms. The highest BCUT2D eigenvalue weighted by Gasteiger charge is 2.81. The van der Waals surface area contributed by atoms with E-state index in [1.807, 2.05) is 0 Å². The zero-order valence-corrected chi connectivity index (χ0v) is 6.93. The Hall–Kier alpha value is -0.710. The molecule has 98 valence electrons. The van der Waals surface area contributed by atoms with E-state index in [1.165, 1.54) is 0 Å². The molecule has 0 aliphatic heterocycles. The Labute approximate surface area is 81.5 Å². The van der Waals surface area contributed by atoms with Crippen LogP contribution in [0.5, 0.6) is 0 Å². The summed E-state index contributed by atoms with van der Waals surface area (Å²) in [5, 5.41) is 9.13. The van der Waals surface area contributed by atoms with Gasteiger partial charge < -0.3 is 10.1 Å². The van der Waals surface area contributed by atoms with Gasteiger partial charge in [0, 0.05) is 0 Å². The van der Waals surface area contributed by atoms with Crippen molar-refractivity contribution in [3.05, 3.63) is 0 Å². The van der Waals surface area contributed by atoms with Crippen molar-refractivity contribution in [2.45, 2.75) is 23.9 Å². The molecule has 0 aliphatic carbocycles. The predicted molar refractivity (Wildman–Crippen MR) is 26.8 cm³/mol. The van der Waals surface area contributed by atoms with Gasteiger partial charge in [-0.15, -0.1) is 0 Å². The third-order valence-corrected chi connectivity index (χ3v) is 1.45. The molecule has 0 heterocycles. The molecule has 11 heteroatoms. The summed E-state index contributed by atoms with van der Waals surface area (Å²) in [5.41, 5.74) is 0. The monoisotopic (exact) mass is 265 g/mol. The van der Waals surface area contributed by atoms with Crippen molar-refractivity contribution >= 4 is 0 Å². The number of rotatable bonds is 4. The minimum atomic E-state index is -6.98. The molecule has 0 unspecified atom stereocenters. The van der Waals surface area contributed by atoms with E-state index in [4.69, 9.17) is 5.26 Å². The van der Waals surface area contributed by atoms with Crippen LogP contribution in [0.4, 0.5) is 39.5 Å². The Kier molecular flexibility index (Phi) is 3.77. The molecule has 0 rings (SSSR count). The fourth-order valence-corrected chi connectivity index (χ4v) is 0.572. The lowest BCUT2D eigenvalue weighted by Crippen LogP contribution is -2.62. The smallest absolute Gasteiger partial charge is 0.460 e. The molecule has 0 aliphatic rings. The van der Waals surface area contributed by atoms with Crippen LogP contribution in [0.3, 0.4) is 0 Å². The summed E-state index contributed by atoms with van der Waals surface area (Å²) >= 11 is 0. The molecule has 0 aromatic carbocycles. The van der Waals surface area contributed by atoms with E-state index in [1.54, 1.807) is 0 Å². The molecule has 0 radical (unpaired) electrons. The molecule has 0 atom stereocenters. The molecular formula is C5H2F9O2-. The average molecular weight is 265 g/mol. The fourth-order valence-electron chi connectivity index (χ4n) is 0.572. The van der Waals surface area contributed by atoms with E-state index in [2.05, 4.69) is 4.89 Å². The first-order valence-electron chi connectivity index (χ1n) is 3.26. The third-order valence-electron chi connectivity index (χ3n) is 1.45. The van der Waals surface area contributed by atoms with Crippen LogP contribution in [0.25, 0.3) is 0 Å². The van der Waals surface area contributed by atoms with Crippen LogP contribution < -0.4 is 5.26 Å². The second-order valence-electron chi connectivity index (χ2n) is 2.61. The third kappa shape index (κ3) is 2.19. The summed E-state index contributed by atoms with van der Waals surface area (Å²) < 4.78 is 107. The van der Waals surface area contributed by atoms with E-state index in [-0.39, 0.29) is 0 Å². The van der Waals surface area contributed by atoms with E-state index in [9.17, 15) is 39.5 Å². The molecular weight excluding hydrogens is 263 g/mol. The summed E-state index contributed by atoms with van der Waals surface area (Å²) in [5.74, 6) is -19.7. The normalized spacial score (nSPS) is 15.4. The predicted octanol–water partition coefficient (Wildman–Crippen LogP) is 1.75. The van der Waals surface area contributed by atoms with Gasteiger partial charge in [0.1, 0.15) is 6.61 Å². The van der Waals surface area contributed by atoms with Gasteiger partial charge in [0.15, 0.2) is 0 Å². The van der Waals surface area contributed by atoms with Crippen LogP contribution in [0.15, 0.2) is 0 Å². The summed E-state index contributed by atoms with van der Waals surface area (Å²) in [6, 6.07) is 0. The standard InChI is InChI=1S/C5H3F9O2/c6-2(7,1-16-15)3(8,9)4(10,11)5(12,13)14/h15H,1H2/p-1. The molecule has 0 N–H and O–H groups in total. The number of hydrogen-bond donors (Lipinski definition) is 0. The van der Waals surface area contributed by atoms with Crippen molar-refractivity contribution in [2.24, 2.45) is 0 Å². The lowest BCUT2D eigenvalue weighted by molar-refractivity contribution is -0.697. The van der Waals surface area contributed by atoms with E-state index in [0.29, 0.717) is 0 Å². The van der Waals surface area contributed by atoms with Gasteiger partial charge in [0.2, 0.25) is 0 Å². The van der Waals surface area contributed by atoms with Gasteiger partial charge in [-0.25, -0.2) is 0 Å². The zero-order valence-electron chi connectivity index (χ0n) is 6.93. The molecule has 0 bridgehead atoms. The Morgan fingerprint density at radius 3 is 1.38 bits per heavy atom. The van der Waals surface area contributed by atoms with Crippen LogP contribution in [-0.2, 0) is 4.89 Å². The van der Waals surface area contributed by atoms with E-state index < -0.39 is 30.6 Å². The van der Waals surface area contributed by atoms with Gasteiger partial charge in [-0.3, -0.25) is 0 Å². The lowest BCUT2D eigenvalue weighted by Gasteiger charge is -2.33. The molecule has 0 saturated heterocycles. The molecule has 2 nitrogen and oxygen atoms in total. The average Bonchev–Trinajstić information content (AvgIpc) is 2.01. The van der Waals surface area contributed by atoms with Crippen molar-refractivity contribution in [1.29, 1.82) is 0 Å². The van der Waals surface area contributed by atoms with Crippen molar-refractivity contribution in [3.63, 3.8) is 0 Å². The molecule has 0 saturated carbocycles. The summed E-state index contributed by atoms with van der Waals surface area (Å²) in [4.78, 5) is 2.22. The van der Waals surface area contributed by atoms with Crippen LogP contribution in [0.2, 0.25) is 0 Å². The highest BCUT2D eigenvalue weighted by Crippen LogP contribution is 2.52. The highest BCUT2D eigenvalue weighted by atomic mass is 19.4. The van der Waals surface area contributed by atoms with Gasteiger partial charge in [-0.1, -0.05) is 0 Å². The van der Waals surface area contributed by atoms with Gasteiger partial charge >= 0.3 is 23.9 Å². The summed E-state index contributed by atoms with van der Waals surface area (Å²) in [6.07, 6.45) is -6.89. The SMILES string of the molecule is [O-]OCC(F)(F)C(F)(F)C(F)(F)C(F)(F)F. The number of alkyl halides is 9. The summed E-state index contributed by atoms with van der Waals surface area (Å²) in [7, 11) is 0. The maximum absolute atomic E-state index is 12.2. The van der Waals surface area contributed by atoms with Crippen LogP contribution in [0.1, 0.15) is 0 Å². The summed E-state index contributed by atoms with van der Waals surface area (Å²) in [6.45, 7) is -2.81. The Morgan fingerprint density at radius 2 is 1.12 bits per heavy atom. The van der Waals surface area contributed by atoms with Gasteiger partial charge in [0.05, 0.1) is 0 Å². The second-order valence-corrected chi connectivity index (χ2v) is 2.61. The quantitative estimate of drug-likeness (QED) is 0.440. The van der Waals surface area contributed by atoms with E-state index in [0.717, 1.165) is 0 Å². The Bertz CT molecular complexity index is 245.